The van der Waals surface area contributed by atoms with E-state index >= 15 is 0 Å². The minimum atomic E-state index is -0.102. The molecule has 13 rings (SSSR count). The predicted octanol–water partition coefficient (Wildman–Crippen LogP) is 17.5. The number of anilines is 6. The summed E-state index contributed by atoms with van der Waals surface area (Å²) >= 11 is 1.89. The maximum absolute atomic E-state index is 6.62. The van der Waals surface area contributed by atoms with E-state index in [0.29, 0.717) is 0 Å². The highest BCUT2D eigenvalue weighted by molar-refractivity contribution is 7.27. The Bertz CT molecular complexity index is 3790. The van der Waals surface area contributed by atoms with Crippen LogP contribution < -0.4 is 9.80 Å². The molecule has 0 bridgehead atoms. The molecule has 0 N–H and O–H groups in total. The number of fused-ring (bicyclic) bond motifs is 14. The van der Waals surface area contributed by atoms with Crippen molar-refractivity contribution >= 4 is 109 Å². The zero-order valence-electron chi connectivity index (χ0n) is 34.8. The van der Waals surface area contributed by atoms with E-state index in [4.69, 9.17) is 4.42 Å². The number of benzene rings is 10. The SMILES string of the molecule is CC1(C)c2ccccc2-c2ccc(N(c3ccccc3)c3ccc4c(c3)c3ccccc3c3c5ccc(N(c6ccccc6)c6cccc7c6oc6ccccc67)cc5sc43)cc21. The molecule has 2 aromatic heterocycles. The highest BCUT2D eigenvalue weighted by Crippen LogP contribution is 2.52. The molecule has 2 heterocycles. The molecule has 3 nitrogen and oxygen atoms in total. The molecule has 0 spiro atoms. The van der Waals surface area contributed by atoms with Crippen LogP contribution >= 0.6 is 11.3 Å². The fourth-order valence-electron chi connectivity index (χ4n) is 10.5. The Hall–Kier alpha value is -7.66. The molecule has 0 aliphatic heterocycles. The summed E-state index contributed by atoms with van der Waals surface area (Å²) in [6.07, 6.45) is 0. The topological polar surface area (TPSA) is 19.6 Å². The smallest absolute Gasteiger partial charge is 0.159 e. The van der Waals surface area contributed by atoms with Crippen molar-refractivity contribution in [3.8, 4) is 11.1 Å². The molecular formula is C59H40N2OS. The molecule has 0 fully saturated rings. The van der Waals surface area contributed by atoms with Gasteiger partial charge in [0.15, 0.2) is 5.58 Å². The summed E-state index contributed by atoms with van der Waals surface area (Å²) in [6, 6.07) is 75.2. The molecule has 0 radical (unpaired) electrons. The van der Waals surface area contributed by atoms with Gasteiger partial charge >= 0.3 is 0 Å². The average Bonchev–Trinajstić information content (AvgIpc) is 3.98. The Morgan fingerprint density at radius 1 is 0.397 bits per heavy atom. The Morgan fingerprint density at radius 3 is 1.81 bits per heavy atom. The summed E-state index contributed by atoms with van der Waals surface area (Å²) in [4.78, 5) is 4.77. The Labute approximate surface area is 369 Å². The molecule has 298 valence electrons. The third-order valence-corrected chi connectivity index (χ3v) is 14.6. The minimum absolute atomic E-state index is 0.102. The van der Waals surface area contributed by atoms with Crippen LogP contribution in [-0.4, -0.2) is 0 Å². The van der Waals surface area contributed by atoms with Crippen molar-refractivity contribution in [1.29, 1.82) is 0 Å². The molecule has 0 unspecified atom stereocenters. The van der Waals surface area contributed by atoms with E-state index in [1.807, 2.05) is 17.4 Å². The van der Waals surface area contributed by atoms with Crippen LogP contribution in [0.2, 0.25) is 0 Å². The van der Waals surface area contributed by atoms with E-state index in [0.717, 1.165) is 56.1 Å². The first-order valence-corrected chi connectivity index (χ1v) is 22.5. The lowest BCUT2D eigenvalue weighted by Crippen LogP contribution is -2.16. The van der Waals surface area contributed by atoms with Crippen molar-refractivity contribution in [2.45, 2.75) is 19.3 Å². The second kappa shape index (κ2) is 13.7. The Kier molecular flexibility index (Phi) is 7.82. The summed E-state index contributed by atoms with van der Waals surface area (Å²) in [5, 5.41) is 9.85. The first kappa shape index (κ1) is 36.0. The van der Waals surface area contributed by atoms with E-state index in [1.165, 1.54) is 64.0 Å². The van der Waals surface area contributed by atoms with Crippen LogP contribution in [0.5, 0.6) is 0 Å². The van der Waals surface area contributed by atoms with Gasteiger partial charge in [0.2, 0.25) is 0 Å². The van der Waals surface area contributed by atoms with Gasteiger partial charge in [0.25, 0.3) is 0 Å². The number of para-hydroxylation sites is 4. The standard InChI is InChI=1S/C59H40N2OS/c1-59(2)51-25-13-11-21-43(51)44-31-28-40(35-52(44)59)60(37-16-5-3-6-17-37)39-29-32-48-50(34-39)42-20-9-10-23-46(42)56-49-33-30-41(36-55(49)63-58(48)56)61(38-18-7-4-8-19-38)53-26-15-24-47-45-22-12-14-27-54(45)62-57(47)53/h3-36H,1-2H3. The maximum atomic E-state index is 6.62. The lowest BCUT2D eigenvalue weighted by atomic mass is 9.82. The van der Waals surface area contributed by atoms with E-state index in [1.54, 1.807) is 0 Å². The monoisotopic (exact) mass is 824 g/mol. The largest absolute Gasteiger partial charge is 0.454 e. The summed E-state index contributed by atoms with van der Waals surface area (Å²) in [5.74, 6) is 0. The summed E-state index contributed by atoms with van der Waals surface area (Å²) in [6.45, 7) is 4.71. The van der Waals surface area contributed by atoms with Crippen LogP contribution in [0, 0.1) is 0 Å². The van der Waals surface area contributed by atoms with Gasteiger partial charge in [-0.25, -0.2) is 0 Å². The third-order valence-electron chi connectivity index (χ3n) is 13.4. The lowest BCUT2D eigenvalue weighted by molar-refractivity contribution is 0.660. The molecule has 0 saturated heterocycles. The van der Waals surface area contributed by atoms with Crippen molar-refractivity contribution in [3.63, 3.8) is 0 Å². The van der Waals surface area contributed by atoms with E-state index in [9.17, 15) is 0 Å². The van der Waals surface area contributed by atoms with Crippen LogP contribution in [0.25, 0.3) is 74.8 Å². The zero-order chi connectivity index (χ0) is 41.8. The number of hydrogen-bond acceptors (Lipinski definition) is 4. The minimum Gasteiger partial charge on any atom is -0.454 e. The fourth-order valence-corrected chi connectivity index (χ4v) is 11.8. The molecule has 1 aliphatic rings. The molecule has 1 aliphatic carbocycles. The molecule has 4 heteroatoms. The predicted molar refractivity (Wildman–Crippen MR) is 269 cm³/mol. The van der Waals surface area contributed by atoms with Crippen molar-refractivity contribution in [1.82, 2.24) is 0 Å². The summed E-state index contributed by atoms with van der Waals surface area (Å²) in [5.41, 5.74) is 13.7. The summed E-state index contributed by atoms with van der Waals surface area (Å²) in [7, 11) is 0. The van der Waals surface area contributed by atoms with E-state index in [-0.39, 0.29) is 5.41 Å². The van der Waals surface area contributed by atoms with Crippen LogP contribution in [0.3, 0.4) is 0 Å². The number of thiophene rings is 1. The molecule has 12 aromatic rings. The molecule has 63 heavy (non-hydrogen) atoms. The molecule has 10 aromatic carbocycles. The van der Waals surface area contributed by atoms with Gasteiger partial charge < -0.3 is 14.2 Å². The van der Waals surface area contributed by atoms with Gasteiger partial charge in [-0.2, -0.15) is 0 Å². The first-order chi connectivity index (χ1) is 31.0. The van der Waals surface area contributed by atoms with Crippen LogP contribution in [0.1, 0.15) is 25.0 Å². The van der Waals surface area contributed by atoms with Crippen molar-refractivity contribution in [2.24, 2.45) is 0 Å². The fraction of sp³-hybridized carbons (Fsp3) is 0.0508. The lowest BCUT2D eigenvalue weighted by Gasteiger charge is -2.28. The average molecular weight is 825 g/mol. The van der Waals surface area contributed by atoms with Gasteiger partial charge in [0.05, 0.1) is 5.69 Å². The summed E-state index contributed by atoms with van der Waals surface area (Å²) < 4.78 is 9.17. The van der Waals surface area contributed by atoms with Gasteiger partial charge in [-0.05, 0) is 111 Å². The van der Waals surface area contributed by atoms with E-state index in [2.05, 4.69) is 224 Å². The Morgan fingerprint density at radius 2 is 1.00 bits per heavy atom. The van der Waals surface area contributed by atoms with E-state index < -0.39 is 0 Å². The molecule has 0 saturated carbocycles. The van der Waals surface area contributed by atoms with Gasteiger partial charge in [0.1, 0.15) is 5.58 Å². The third kappa shape index (κ3) is 5.38. The highest BCUT2D eigenvalue weighted by Gasteiger charge is 2.36. The van der Waals surface area contributed by atoms with Crippen molar-refractivity contribution in [3.05, 3.63) is 217 Å². The quantitative estimate of drug-likeness (QED) is 0.156. The number of rotatable bonds is 6. The van der Waals surface area contributed by atoms with Gasteiger partial charge in [-0.3, -0.25) is 0 Å². The van der Waals surface area contributed by atoms with Gasteiger partial charge in [0, 0.05) is 70.2 Å². The normalized spacial score (nSPS) is 13.0. The molecular weight excluding hydrogens is 785 g/mol. The van der Waals surface area contributed by atoms with Crippen molar-refractivity contribution < 1.29 is 4.42 Å². The zero-order valence-corrected chi connectivity index (χ0v) is 35.7. The highest BCUT2D eigenvalue weighted by atomic mass is 32.1. The number of hydrogen-bond donors (Lipinski definition) is 0. The molecule has 0 atom stereocenters. The second-order valence-electron chi connectivity index (χ2n) is 17.3. The number of nitrogens with zero attached hydrogens (tertiary/aromatic N) is 2. The molecule has 0 amide bonds. The van der Waals surface area contributed by atoms with Gasteiger partial charge in [-0.1, -0.05) is 147 Å². The van der Waals surface area contributed by atoms with Crippen LogP contribution in [0.4, 0.5) is 34.1 Å². The maximum Gasteiger partial charge on any atom is 0.159 e. The first-order valence-electron chi connectivity index (χ1n) is 21.7. The second-order valence-corrected chi connectivity index (χ2v) is 18.3. The van der Waals surface area contributed by atoms with Gasteiger partial charge in [-0.15, -0.1) is 11.3 Å². The Balaban J connectivity index is 0.998. The van der Waals surface area contributed by atoms with Crippen LogP contribution in [0.15, 0.2) is 211 Å². The van der Waals surface area contributed by atoms with Crippen LogP contribution in [-0.2, 0) is 5.41 Å². The van der Waals surface area contributed by atoms with Crippen molar-refractivity contribution in [2.75, 3.05) is 9.80 Å². The number of furan rings is 1.